The normalized spacial score (nSPS) is 11.4. The third kappa shape index (κ3) is 8.10. The second kappa shape index (κ2) is 13.7. The van der Waals surface area contributed by atoms with Crippen LogP contribution in [0, 0.1) is 0 Å². The standard InChI is InChI=1S/C32H31NO6/c34-30(35)12-7-19-33-23-26(22-31(36)37)32-25(8-6-11-29(32)33)16-13-24-14-17-28(18-15-24)39-21-5-4-20-38-27-9-2-1-3-10-27/h1-6,8-11,13-18,23H,7,12,19-22H2,(H,34,35)(H,36,37)/b5-4+,16-13+. The Morgan fingerprint density at radius 3 is 2.13 bits per heavy atom. The van der Waals surface area contributed by atoms with Crippen LogP contribution >= 0.6 is 0 Å². The Morgan fingerprint density at radius 2 is 1.46 bits per heavy atom. The number of aromatic nitrogens is 1. The molecular formula is C32H31NO6. The summed E-state index contributed by atoms with van der Waals surface area (Å²) in [4.78, 5) is 22.4. The highest BCUT2D eigenvalue weighted by Crippen LogP contribution is 2.28. The van der Waals surface area contributed by atoms with Crippen LogP contribution in [0.25, 0.3) is 23.1 Å². The van der Waals surface area contributed by atoms with E-state index < -0.39 is 11.9 Å². The minimum absolute atomic E-state index is 0.0617. The smallest absolute Gasteiger partial charge is 0.307 e. The average molecular weight is 526 g/mol. The quantitative estimate of drug-likeness (QED) is 0.148. The molecule has 1 heterocycles. The van der Waals surface area contributed by atoms with E-state index in [9.17, 15) is 14.7 Å². The lowest BCUT2D eigenvalue weighted by Crippen LogP contribution is -2.01. The zero-order valence-corrected chi connectivity index (χ0v) is 21.5. The number of aryl methyl sites for hydroxylation is 1. The highest BCUT2D eigenvalue weighted by Gasteiger charge is 2.14. The number of aliphatic carboxylic acids is 2. The summed E-state index contributed by atoms with van der Waals surface area (Å²) in [6.07, 6.45) is 10.0. The molecule has 7 nitrogen and oxygen atoms in total. The van der Waals surface area contributed by atoms with Gasteiger partial charge in [0.1, 0.15) is 24.7 Å². The molecule has 39 heavy (non-hydrogen) atoms. The lowest BCUT2D eigenvalue weighted by molar-refractivity contribution is -0.137. The second-order valence-corrected chi connectivity index (χ2v) is 8.97. The maximum absolute atomic E-state index is 11.5. The molecule has 7 heteroatoms. The van der Waals surface area contributed by atoms with Crippen LogP contribution in [0.15, 0.2) is 91.1 Å². The van der Waals surface area contributed by atoms with Crippen LogP contribution in [0.3, 0.4) is 0 Å². The van der Waals surface area contributed by atoms with E-state index in [1.165, 1.54) is 0 Å². The number of carboxylic acids is 2. The predicted molar refractivity (Wildman–Crippen MR) is 152 cm³/mol. The first-order chi connectivity index (χ1) is 19.0. The van der Waals surface area contributed by atoms with E-state index in [1.54, 1.807) is 0 Å². The van der Waals surface area contributed by atoms with E-state index in [2.05, 4.69) is 0 Å². The number of ether oxygens (including phenoxy) is 2. The van der Waals surface area contributed by atoms with Gasteiger partial charge in [0.2, 0.25) is 0 Å². The van der Waals surface area contributed by atoms with E-state index in [1.807, 2.05) is 108 Å². The Hall–Kier alpha value is -4.78. The molecule has 0 unspecified atom stereocenters. The first kappa shape index (κ1) is 27.3. The van der Waals surface area contributed by atoms with Crippen LogP contribution in [0.2, 0.25) is 0 Å². The number of nitrogens with zero attached hydrogens (tertiary/aromatic N) is 1. The highest BCUT2D eigenvalue weighted by molar-refractivity contribution is 5.96. The third-order valence-electron chi connectivity index (χ3n) is 6.09. The van der Waals surface area contributed by atoms with Crippen molar-refractivity contribution in [3.63, 3.8) is 0 Å². The molecule has 0 amide bonds. The van der Waals surface area contributed by atoms with Gasteiger partial charge >= 0.3 is 11.9 Å². The molecule has 0 bridgehead atoms. The average Bonchev–Trinajstić information content (AvgIpc) is 3.27. The predicted octanol–water partition coefficient (Wildman–Crippen LogP) is 6.32. The maximum Gasteiger partial charge on any atom is 0.307 e. The van der Waals surface area contributed by atoms with Crippen molar-refractivity contribution in [2.45, 2.75) is 25.8 Å². The molecule has 0 aliphatic heterocycles. The number of benzene rings is 3. The summed E-state index contributed by atoms with van der Waals surface area (Å²) in [5, 5.41) is 19.3. The Morgan fingerprint density at radius 1 is 0.769 bits per heavy atom. The fourth-order valence-corrected chi connectivity index (χ4v) is 4.29. The van der Waals surface area contributed by atoms with Crippen molar-refractivity contribution >= 4 is 35.0 Å². The van der Waals surface area contributed by atoms with Crippen LogP contribution in [0.4, 0.5) is 0 Å². The number of hydrogen-bond acceptors (Lipinski definition) is 4. The summed E-state index contributed by atoms with van der Waals surface area (Å²) in [6, 6.07) is 23.2. The lowest BCUT2D eigenvalue weighted by Gasteiger charge is -2.06. The summed E-state index contributed by atoms with van der Waals surface area (Å²) < 4.78 is 13.3. The minimum Gasteiger partial charge on any atom is -0.490 e. The first-order valence-corrected chi connectivity index (χ1v) is 12.8. The number of fused-ring (bicyclic) bond motifs is 1. The lowest BCUT2D eigenvalue weighted by atomic mass is 10.0. The van der Waals surface area contributed by atoms with Crippen molar-refractivity contribution in [2.75, 3.05) is 13.2 Å². The SMILES string of the molecule is O=C(O)CCCn1cc(CC(=O)O)c2c(/C=C/c3ccc(OC/C=C/COc4ccccc4)cc3)cccc21. The van der Waals surface area contributed by atoms with Gasteiger partial charge in [0.25, 0.3) is 0 Å². The van der Waals surface area contributed by atoms with Gasteiger partial charge in [-0.05, 0) is 65.6 Å². The van der Waals surface area contributed by atoms with Gasteiger partial charge in [-0.1, -0.05) is 54.6 Å². The van der Waals surface area contributed by atoms with Crippen molar-refractivity contribution in [3.8, 4) is 11.5 Å². The zero-order chi connectivity index (χ0) is 27.5. The van der Waals surface area contributed by atoms with E-state index >= 15 is 0 Å². The first-order valence-electron chi connectivity index (χ1n) is 12.8. The summed E-state index contributed by atoms with van der Waals surface area (Å²) in [7, 11) is 0. The van der Waals surface area contributed by atoms with E-state index in [0.717, 1.165) is 33.5 Å². The molecule has 4 aromatic rings. The molecule has 200 valence electrons. The third-order valence-corrected chi connectivity index (χ3v) is 6.09. The van der Waals surface area contributed by atoms with Crippen molar-refractivity contribution < 1.29 is 29.3 Å². The van der Waals surface area contributed by atoms with Crippen molar-refractivity contribution in [1.29, 1.82) is 0 Å². The van der Waals surface area contributed by atoms with Gasteiger partial charge in [0.15, 0.2) is 0 Å². The Kier molecular flexibility index (Phi) is 9.56. The van der Waals surface area contributed by atoms with Crippen LogP contribution in [0.1, 0.15) is 29.5 Å². The summed E-state index contributed by atoms with van der Waals surface area (Å²) in [6.45, 7) is 1.42. The van der Waals surface area contributed by atoms with Crippen LogP contribution in [0.5, 0.6) is 11.5 Å². The molecule has 0 spiro atoms. The van der Waals surface area contributed by atoms with Gasteiger partial charge in [0, 0.05) is 30.1 Å². The fraction of sp³-hybridized carbons (Fsp3) is 0.188. The summed E-state index contributed by atoms with van der Waals surface area (Å²) in [5.74, 6) is -0.172. The number of carbonyl (C=O) groups is 2. The van der Waals surface area contributed by atoms with Crippen LogP contribution in [-0.2, 0) is 22.6 Å². The fourth-order valence-electron chi connectivity index (χ4n) is 4.29. The van der Waals surface area contributed by atoms with Crippen molar-refractivity contribution in [3.05, 3.63) is 108 Å². The maximum atomic E-state index is 11.5. The van der Waals surface area contributed by atoms with E-state index in [-0.39, 0.29) is 12.8 Å². The molecular weight excluding hydrogens is 494 g/mol. The van der Waals surface area contributed by atoms with E-state index in [4.69, 9.17) is 14.6 Å². The van der Waals surface area contributed by atoms with E-state index in [0.29, 0.717) is 31.7 Å². The molecule has 0 saturated heterocycles. The molecule has 3 aromatic carbocycles. The highest BCUT2D eigenvalue weighted by atomic mass is 16.5. The molecule has 0 aliphatic carbocycles. The summed E-state index contributed by atoms with van der Waals surface area (Å²) >= 11 is 0. The molecule has 0 fully saturated rings. The number of para-hydroxylation sites is 1. The molecule has 2 N–H and O–H groups in total. The monoisotopic (exact) mass is 525 g/mol. The topological polar surface area (TPSA) is 98.0 Å². The Labute approximate surface area is 227 Å². The van der Waals surface area contributed by atoms with Gasteiger partial charge in [0.05, 0.1) is 6.42 Å². The molecule has 0 saturated carbocycles. The van der Waals surface area contributed by atoms with Gasteiger partial charge in [-0.3, -0.25) is 9.59 Å². The van der Waals surface area contributed by atoms with Crippen molar-refractivity contribution in [1.82, 2.24) is 4.57 Å². The number of hydrogen-bond donors (Lipinski definition) is 2. The molecule has 4 rings (SSSR count). The number of carboxylic acid groups (broad SMARTS) is 2. The van der Waals surface area contributed by atoms with Crippen LogP contribution in [-0.4, -0.2) is 39.9 Å². The molecule has 0 aliphatic rings. The van der Waals surface area contributed by atoms with Gasteiger partial charge < -0.3 is 24.3 Å². The molecule has 0 radical (unpaired) electrons. The second-order valence-electron chi connectivity index (χ2n) is 8.97. The minimum atomic E-state index is -0.910. The van der Waals surface area contributed by atoms with Crippen molar-refractivity contribution in [2.24, 2.45) is 0 Å². The van der Waals surface area contributed by atoms with Gasteiger partial charge in [-0.25, -0.2) is 0 Å². The zero-order valence-electron chi connectivity index (χ0n) is 21.5. The Balaban J connectivity index is 1.39. The summed E-state index contributed by atoms with van der Waals surface area (Å²) in [5.41, 5.74) is 3.49. The molecule has 0 atom stereocenters. The largest absolute Gasteiger partial charge is 0.490 e. The van der Waals surface area contributed by atoms with Crippen LogP contribution < -0.4 is 9.47 Å². The number of rotatable bonds is 14. The van der Waals surface area contributed by atoms with Gasteiger partial charge in [-0.2, -0.15) is 0 Å². The Bertz CT molecular complexity index is 1450. The molecule has 1 aromatic heterocycles. The van der Waals surface area contributed by atoms with Gasteiger partial charge in [-0.15, -0.1) is 0 Å².